The number of hydrogen-bond donors (Lipinski definition) is 1. The monoisotopic (exact) mass is 169 g/mol. The lowest BCUT2D eigenvalue weighted by molar-refractivity contribution is 0.0717. The normalized spacial score (nSPS) is 13.2. The second-order valence-corrected chi connectivity index (χ2v) is 2.75. The zero-order chi connectivity index (χ0) is 8.97. The van der Waals surface area contributed by atoms with Crippen LogP contribution in [0.4, 0.5) is 0 Å². The van der Waals surface area contributed by atoms with Gasteiger partial charge in [-0.25, -0.2) is 0 Å². The van der Waals surface area contributed by atoms with Crippen LogP contribution in [0.5, 0.6) is 0 Å². The van der Waals surface area contributed by atoms with E-state index in [2.05, 4.69) is 5.10 Å². The molecule has 1 rings (SSSR count). The molecule has 1 unspecified atom stereocenters. The SMILES string of the molecule is CC(OCCN)c1cnn(C)c1. The fourth-order valence-electron chi connectivity index (χ4n) is 0.991. The molecular formula is C8H15N3O. The lowest BCUT2D eigenvalue weighted by Crippen LogP contribution is -2.10. The Labute approximate surface area is 72.3 Å². The van der Waals surface area contributed by atoms with Crippen molar-refractivity contribution in [3.63, 3.8) is 0 Å². The number of aromatic nitrogens is 2. The molecule has 1 aromatic heterocycles. The molecule has 0 bridgehead atoms. The molecule has 0 saturated carbocycles. The van der Waals surface area contributed by atoms with Crippen molar-refractivity contribution in [1.29, 1.82) is 0 Å². The van der Waals surface area contributed by atoms with Gasteiger partial charge >= 0.3 is 0 Å². The molecule has 0 aliphatic heterocycles. The molecule has 0 fully saturated rings. The van der Waals surface area contributed by atoms with E-state index in [9.17, 15) is 0 Å². The van der Waals surface area contributed by atoms with Crippen molar-refractivity contribution in [1.82, 2.24) is 9.78 Å². The first-order valence-electron chi connectivity index (χ1n) is 4.04. The Hall–Kier alpha value is -0.870. The first-order chi connectivity index (χ1) is 5.74. The molecular weight excluding hydrogens is 154 g/mol. The summed E-state index contributed by atoms with van der Waals surface area (Å²) < 4.78 is 7.17. The fraction of sp³-hybridized carbons (Fsp3) is 0.625. The van der Waals surface area contributed by atoms with E-state index in [0.29, 0.717) is 13.2 Å². The molecule has 0 amide bonds. The molecule has 0 spiro atoms. The van der Waals surface area contributed by atoms with Gasteiger partial charge in [0.2, 0.25) is 0 Å². The highest BCUT2D eigenvalue weighted by atomic mass is 16.5. The quantitative estimate of drug-likeness (QED) is 0.712. The Morgan fingerprint density at radius 1 is 1.75 bits per heavy atom. The van der Waals surface area contributed by atoms with Crippen LogP contribution in [0.3, 0.4) is 0 Å². The molecule has 4 heteroatoms. The average Bonchev–Trinajstić information content (AvgIpc) is 2.47. The third-order valence-electron chi connectivity index (χ3n) is 1.68. The minimum Gasteiger partial charge on any atom is -0.372 e. The van der Waals surface area contributed by atoms with Crippen LogP contribution in [0, 0.1) is 0 Å². The standard InChI is InChI=1S/C8H15N3O/c1-7(12-4-3-9)8-5-10-11(2)6-8/h5-7H,3-4,9H2,1-2H3. The zero-order valence-electron chi connectivity index (χ0n) is 7.53. The van der Waals surface area contributed by atoms with E-state index in [0.717, 1.165) is 5.56 Å². The third kappa shape index (κ3) is 2.32. The van der Waals surface area contributed by atoms with Crippen molar-refractivity contribution in [2.45, 2.75) is 13.0 Å². The maximum Gasteiger partial charge on any atom is 0.0827 e. The number of hydrogen-bond acceptors (Lipinski definition) is 3. The van der Waals surface area contributed by atoms with Gasteiger partial charge in [-0.2, -0.15) is 5.10 Å². The van der Waals surface area contributed by atoms with Gasteiger partial charge in [0.05, 0.1) is 18.9 Å². The predicted octanol–water partition coefficient (Wildman–Crippen LogP) is 0.456. The van der Waals surface area contributed by atoms with Gasteiger partial charge in [0, 0.05) is 25.4 Å². The van der Waals surface area contributed by atoms with Crippen molar-refractivity contribution >= 4 is 0 Å². The topological polar surface area (TPSA) is 53.1 Å². The van der Waals surface area contributed by atoms with Gasteiger partial charge in [-0.1, -0.05) is 0 Å². The van der Waals surface area contributed by atoms with Crippen molar-refractivity contribution in [2.75, 3.05) is 13.2 Å². The van der Waals surface area contributed by atoms with Crippen molar-refractivity contribution in [3.8, 4) is 0 Å². The van der Waals surface area contributed by atoms with E-state index in [1.54, 1.807) is 10.9 Å². The van der Waals surface area contributed by atoms with Crippen LogP contribution in [0.1, 0.15) is 18.6 Å². The van der Waals surface area contributed by atoms with E-state index in [1.165, 1.54) is 0 Å². The largest absolute Gasteiger partial charge is 0.372 e. The molecule has 0 saturated heterocycles. The minimum atomic E-state index is 0.0854. The molecule has 12 heavy (non-hydrogen) atoms. The van der Waals surface area contributed by atoms with Crippen molar-refractivity contribution in [2.24, 2.45) is 12.8 Å². The Balaban J connectivity index is 2.47. The number of ether oxygens (including phenoxy) is 1. The maximum atomic E-state index is 5.41. The summed E-state index contributed by atoms with van der Waals surface area (Å²) in [6, 6.07) is 0. The van der Waals surface area contributed by atoms with Crippen molar-refractivity contribution < 1.29 is 4.74 Å². The molecule has 1 heterocycles. The summed E-state index contributed by atoms with van der Waals surface area (Å²) >= 11 is 0. The lowest BCUT2D eigenvalue weighted by Gasteiger charge is -2.09. The fourth-order valence-corrected chi connectivity index (χ4v) is 0.991. The molecule has 68 valence electrons. The van der Waals surface area contributed by atoms with Crippen molar-refractivity contribution in [3.05, 3.63) is 18.0 Å². The minimum absolute atomic E-state index is 0.0854. The number of nitrogens with two attached hydrogens (primary N) is 1. The van der Waals surface area contributed by atoms with Gasteiger partial charge in [0.1, 0.15) is 0 Å². The van der Waals surface area contributed by atoms with Gasteiger partial charge in [0.25, 0.3) is 0 Å². The second-order valence-electron chi connectivity index (χ2n) is 2.75. The highest BCUT2D eigenvalue weighted by molar-refractivity contribution is 5.06. The second kappa shape index (κ2) is 4.23. The van der Waals surface area contributed by atoms with E-state index >= 15 is 0 Å². The molecule has 1 atom stereocenters. The first-order valence-corrected chi connectivity index (χ1v) is 4.04. The number of nitrogens with zero attached hydrogens (tertiary/aromatic N) is 2. The lowest BCUT2D eigenvalue weighted by atomic mass is 10.2. The van der Waals surface area contributed by atoms with Gasteiger partial charge in [-0.3, -0.25) is 4.68 Å². The molecule has 0 aromatic carbocycles. The third-order valence-corrected chi connectivity index (χ3v) is 1.68. The van der Waals surface area contributed by atoms with E-state index in [4.69, 9.17) is 10.5 Å². The van der Waals surface area contributed by atoms with E-state index in [-0.39, 0.29) is 6.10 Å². The summed E-state index contributed by atoms with van der Waals surface area (Å²) in [4.78, 5) is 0. The number of aryl methyl sites for hydroxylation is 1. The smallest absolute Gasteiger partial charge is 0.0827 e. The highest BCUT2D eigenvalue weighted by Crippen LogP contribution is 2.14. The predicted molar refractivity (Wildman–Crippen MR) is 46.6 cm³/mol. The molecule has 0 aliphatic carbocycles. The summed E-state index contributed by atoms with van der Waals surface area (Å²) in [7, 11) is 1.89. The van der Waals surface area contributed by atoms with E-state index in [1.807, 2.05) is 20.2 Å². The summed E-state index contributed by atoms with van der Waals surface area (Å²) in [5.74, 6) is 0. The van der Waals surface area contributed by atoms with Crippen LogP contribution in [0.15, 0.2) is 12.4 Å². The van der Waals surface area contributed by atoms with Crippen LogP contribution in [-0.4, -0.2) is 22.9 Å². The van der Waals surface area contributed by atoms with Crippen LogP contribution in [0.2, 0.25) is 0 Å². The van der Waals surface area contributed by atoms with Crippen LogP contribution in [-0.2, 0) is 11.8 Å². The molecule has 0 aliphatic rings. The molecule has 1 aromatic rings. The van der Waals surface area contributed by atoms with Gasteiger partial charge in [-0.15, -0.1) is 0 Å². The van der Waals surface area contributed by atoms with E-state index < -0.39 is 0 Å². The Bertz CT molecular complexity index is 234. The number of rotatable bonds is 4. The zero-order valence-corrected chi connectivity index (χ0v) is 7.53. The average molecular weight is 169 g/mol. The summed E-state index contributed by atoms with van der Waals surface area (Å²) in [5.41, 5.74) is 6.40. The van der Waals surface area contributed by atoms with Gasteiger partial charge in [-0.05, 0) is 6.92 Å². The molecule has 0 radical (unpaired) electrons. The van der Waals surface area contributed by atoms with Crippen LogP contribution >= 0.6 is 0 Å². The molecule has 2 N–H and O–H groups in total. The van der Waals surface area contributed by atoms with Gasteiger partial charge in [0.15, 0.2) is 0 Å². The summed E-state index contributed by atoms with van der Waals surface area (Å²) in [6.07, 6.45) is 3.84. The Kier molecular flexibility index (Phi) is 3.25. The highest BCUT2D eigenvalue weighted by Gasteiger charge is 2.06. The Morgan fingerprint density at radius 2 is 2.50 bits per heavy atom. The summed E-state index contributed by atoms with van der Waals surface area (Å²) in [5, 5.41) is 4.05. The Morgan fingerprint density at radius 3 is 3.00 bits per heavy atom. The van der Waals surface area contributed by atoms with Crippen LogP contribution < -0.4 is 5.73 Å². The molecule has 4 nitrogen and oxygen atoms in total. The summed E-state index contributed by atoms with van der Waals surface area (Å²) in [6.45, 7) is 3.15. The van der Waals surface area contributed by atoms with Gasteiger partial charge < -0.3 is 10.5 Å². The maximum absolute atomic E-state index is 5.41. The van der Waals surface area contributed by atoms with Crippen LogP contribution in [0.25, 0.3) is 0 Å². The first kappa shape index (κ1) is 9.22.